The van der Waals surface area contributed by atoms with E-state index in [4.69, 9.17) is 10.5 Å². The fraction of sp³-hybridized carbons (Fsp3) is 0.333. The third kappa shape index (κ3) is 3.06. The maximum absolute atomic E-state index is 13.0. The zero-order chi connectivity index (χ0) is 9.68. The van der Waals surface area contributed by atoms with Crippen LogP contribution in [0.1, 0.15) is 5.56 Å². The minimum absolute atomic E-state index is 0.270. The van der Waals surface area contributed by atoms with Crippen LogP contribution in [-0.4, -0.2) is 13.2 Å². The second-order valence-corrected chi connectivity index (χ2v) is 3.35. The lowest BCUT2D eigenvalue weighted by atomic mass is 10.2. The van der Waals surface area contributed by atoms with Gasteiger partial charge in [0, 0.05) is 6.54 Å². The molecule has 0 amide bonds. The Morgan fingerprint density at radius 3 is 2.92 bits per heavy atom. The van der Waals surface area contributed by atoms with Crippen molar-refractivity contribution in [2.24, 2.45) is 5.73 Å². The molecule has 0 aliphatic heterocycles. The molecule has 0 aromatic heterocycles. The van der Waals surface area contributed by atoms with E-state index < -0.39 is 0 Å². The molecule has 1 aromatic carbocycles. The van der Waals surface area contributed by atoms with Crippen molar-refractivity contribution in [2.45, 2.75) is 6.61 Å². The first kappa shape index (κ1) is 10.6. The van der Waals surface area contributed by atoms with Gasteiger partial charge in [-0.2, -0.15) is 0 Å². The second kappa shape index (κ2) is 5.32. The van der Waals surface area contributed by atoms with Gasteiger partial charge in [-0.1, -0.05) is 12.1 Å². The average molecular weight is 248 g/mol. The Hall–Kier alpha value is -0.450. The van der Waals surface area contributed by atoms with Gasteiger partial charge >= 0.3 is 0 Å². The molecule has 0 bridgehead atoms. The van der Waals surface area contributed by atoms with E-state index in [2.05, 4.69) is 15.9 Å². The topological polar surface area (TPSA) is 35.2 Å². The number of hydrogen-bond acceptors (Lipinski definition) is 2. The summed E-state index contributed by atoms with van der Waals surface area (Å²) < 4.78 is 18.6. The number of hydrogen-bond donors (Lipinski definition) is 1. The van der Waals surface area contributed by atoms with E-state index in [0.717, 1.165) is 5.56 Å². The van der Waals surface area contributed by atoms with Gasteiger partial charge in [-0.25, -0.2) is 4.39 Å². The minimum atomic E-state index is -0.270. The molecule has 0 unspecified atom stereocenters. The Morgan fingerprint density at radius 1 is 1.46 bits per heavy atom. The number of nitrogens with two attached hydrogens (primary N) is 1. The average Bonchev–Trinajstić information content (AvgIpc) is 2.13. The molecule has 4 heteroatoms. The predicted octanol–water partition coefficient (Wildman–Crippen LogP) is 2.06. The highest BCUT2D eigenvalue weighted by molar-refractivity contribution is 9.10. The summed E-state index contributed by atoms with van der Waals surface area (Å²) in [6.07, 6.45) is 0. The Labute approximate surface area is 85.0 Å². The molecule has 0 saturated heterocycles. The van der Waals surface area contributed by atoms with Gasteiger partial charge in [0.15, 0.2) is 0 Å². The summed E-state index contributed by atoms with van der Waals surface area (Å²) >= 11 is 3.15. The molecular formula is C9H11BrFNO. The largest absolute Gasteiger partial charge is 0.375 e. The van der Waals surface area contributed by atoms with Crippen molar-refractivity contribution in [3.8, 4) is 0 Å². The molecule has 0 fully saturated rings. The van der Waals surface area contributed by atoms with Crippen molar-refractivity contribution in [3.05, 3.63) is 34.1 Å². The van der Waals surface area contributed by atoms with Crippen LogP contribution >= 0.6 is 15.9 Å². The standard InChI is InChI=1S/C9H11BrFNO/c10-9-7(6-13-5-4-12)2-1-3-8(9)11/h1-3H,4-6,12H2. The Morgan fingerprint density at radius 2 is 2.23 bits per heavy atom. The summed E-state index contributed by atoms with van der Waals surface area (Å²) in [5.41, 5.74) is 6.05. The first-order valence-electron chi connectivity index (χ1n) is 3.96. The molecule has 2 N–H and O–H groups in total. The van der Waals surface area contributed by atoms with Gasteiger partial charge in [0.05, 0.1) is 17.7 Å². The highest BCUT2D eigenvalue weighted by Gasteiger charge is 2.03. The molecule has 1 aromatic rings. The van der Waals surface area contributed by atoms with Gasteiger partial charge in [0.1, 0.15) is 5.82 Å². The monoisotopic (exact) mass is 247 g/mol. The number of halogens is 2. The zero-order valence-electron chi connectivity index (χ0n) is 7.09. The fourth-order valence-corrected chi connectivity index (χ4v) is 1.30. The van der Waals surface area contributed by atoms with Crippen molar-refractivity contribution in [1.29, 1.82) is 0 Å². The molecule has 2 nitrogen and oxygen atoms in total. The highest BCUT2D eigenvalue weighted by Crippen LogP contribution is 2.20. The maximum Gasteiger partial charge on any atom is 0.137 e. The van der Waals surface area contributed by atoms with E-state index >= 15 is 0 Å². The molecule has 0 heterocycles. The Bertz CT molecular complexity index is 280. The van der Waals surface area contributed by atoms with Gasteiger partial charge in [0.25, 0.3) is 0 Å². The normalized spacial score (nSPS) is 10.4. The zero-order valence-corrected chi connectivity index (χ0v) is 8.68. The highest BCUT2D eigenvalue weighted by atomic mass is 79.9. The second-order valence-electron chi connectivity index (χ2n) is 2.55. The van der Waals surface area contributed by atoms with E-state index in [1.54, 1.807) is 6.07 Å². The minimum Gasteiger partial charge on any atom is -0.375 e. The van der Waals surface area contributed by atoms with Gasteiger partial charge in [-0.15, -0.1) is 0 Å². The smallest absolute Gasteiger partial charge is 0.137 e. The Balaban J connectivity index is 2.61. The molecule has 13 heavy (non-hydrogen) atoms. The molecule has 0 spiro atoms. The number of benzene rings is 1. The SMILES string of the molecule is NCCOCc1cccc(F)c1Br. The van der Waals surface area contributed by atoms with Crippen LogP contribution in [0.4, 0.5) is 4.39 Å². The molecule has 72 valence electrons. The summed E-state index contributed by atoms with van der Waals surface area (Å²) in [5, 5.41) is 0. The van der Waals surface area contributed by atoms with Crippen molar-refractivity contribution < 1.29 is 9.13 Å². The van der Waals surface area contributed by atoms with Gasteiger partial charge in [-0.05, 0) is 27.6 Å². The number of rotatable bonds is 4. The lowest BCUT2D eigenvalue weighted by molar-refractivity contribution is 0.127. The third-order valence-corrected chi connectivity index (χ3v) is 2.44. The van der Waals surface area contributed by atoms with Crippen LogP contribution in [0.25, 0.3) is 0 Å². The molecule has 0 aliphatic rings. The lowest BCUT2D eigenvalue weighted by Crippen LogP contribution is -2.08. The van der Waals surface area contributed by atoms with E-state index in [1.165, 1.54) is 6.07 Å². The van der Waals surface area contributed by atoms with Crippen LogP contribution in [0.3, 0.4) is 0 Å². The quantitative estimate of drug-likeness (QED) is 0.828. The summed E-state index contributed by atoms with van der Waals surface area (Å²) in [4.78, 5) is 0. The predicted molar refractivity (Wildman–Crippen MR) is 52.8 cm³/mol. The van der Waals surface area contributed by atoms with E-state index in [-0.39, 0.29) is 5.82 Å². The van der Waals surface area contributed by atoms with Crippen LogP contribution in [0.5, 0.6) is 0 Å². The maximum atomic E-state index is 13.0. The van der Waals surface area contributed by atoms with E-state index in [9.17, 15) is 4.39 Å². The first-order valence-corrected chi connectivity index (χ1v) is 4.75. The molecule has 0 atom stereocenters. The van der Waals surface area contributed by atoms with Gasteiger partial charge in [0.2, 0.25) is 0 Å². The fourth-order valence-electron chi connectivity index (χ4n) is 0.925. The molecule has 0 saturated carbocycles. The van der Waals surface area contributed by atoms with Gasteiger partial charge in [-0.3, -0.25) is 0 Å². The van der Waals surface area contributed by atoms with Crippen LogP contribution in [-0.2, 0) is 11.3 Å². The number of ether oxygens (including phenoxy) is 1. The van der Waals surface area contributed by atoms with Crippen molar-refractivity contribution in [1.82, 2.24) is 0 Å². The van der Waals surface area contributed by atoms with Crippen LogP contribution in [0.2, 0.25) is 0 Å². The van der Waals surface area contributed by atoms with E-state index in [0.29, 0.717) is 24.2 Å². The van der Waals surface area contributed by atoms with Crippen molar-refractivity contribution in [3.63, 3.8) is 0 Å². The lowest BCUT2D eigenvalue weighted by Gasteiger charge is -2.05. The Kier molecular flexibility index (Phi) is 4.35. The van der Waals surface area contributed by atoms with Crippen LogP contribution in [0, 0.1) is 5.82 Å². The summed E-state index contributed by atoms with van der Waals surface area (Å²) in [5.74, 6) is -0.270. The van der Waals surface area contributed by atoms with Crippen LogP contribution < -0.4 is 5.73 Å². The molecule has 0 radical (unpaired) electrons. The first-order chi connectivity index (χ1) is 6.25. The van der Waals surface area contributed by atoms with E-state index in [1.807, 2.05) is 6.07 Å². The van der Waals surface area contributed by atoms with Crippen molar-refractivity contribution in [2.75, 3.05) is 13.2 Å². The third-order valence-electron chi connectivity index (χ3n) is 1.55. The molecule has 0 aliphatic carbocycles. The van der Waals surface area contributed by atoms with Crippen LogP contribution in [0.15, 0.2) is 22.7 Å². The molecule has 1 rings (SSSR count). The van der Waals surface area contributed by atoms with Crippen molar-refractivity contribution >= 4 is 15.9 Å². The van der Waals surface area contributed by atoms with Gasteiger partial charge < -0.3 is 10.5 Å². The summed E-state index contributed by atoms with van der Waals surface area (Å²) in [6, 6.07) is 4.86. The summed E-state index contributed by atoms with van der Waals surface area (Å²) in [6.45, 7) is 1.35. The summed E-state index contributed by atoms with van der Waals surface area (Å²) in [7, 11) is 0. The molecular weight excluding hydrogens is 237 g/mol.